The van der Waals surface area contributed by atoms with E-state index in [-0.39, 0.29) is 0 Å². The Balaban J connectivity index is 1.90. The summed E-state index contributed by atoms with van der Waals surface area (Å²) < 4.78 is 16.1. The normalized spacial score (nSPS) is 10.9. The molecule has 2 heterocycles. The van der Waals surface area contributed by atoms with E-state index in [1.807, 2.05) is 24.3 Å². The molecular formula is C19H16N4O3. The van der Waals surface area contributed by atoms with Crippen molar-refractivity contribution in [3.8, 4) is 28.6 Å². The molecule has 130 valence electrons. The van der Waals surface area contributed by atoms with Crippen molar-refractivity contribution in [1.29, 1.82) is 0 Å². The first kappa shape index (κ1) is 16.0. The van der Waals surface area contributed by atoms with Crippen LogP contribution in [0.1, 0.15) is 0 Å². The second-order valence-electron chi connectivity index (χ2n) is 5.56. The van der Waals surface area contributed by atoms with Gasteiger partial charge in [-0.15, -0.1) is 10.2 Å². The van der Waals surface area contributed by atoms with Crippen LogP contribution in [0.5, 0.6) is 17.2 Å². The smallest absolute Gasteiger partial charge is 0.203 e. The third kappa shape index (κ3) is 2.54. The molecule has 0 bridgehead atoms. The maximum atomic E-state index is 5.39. The van der Waals surface area contributed by atoms with Gasteiger partial charge in [-0.3, -0.25) is 4.98 Å². The molecule has 26 heavy (non-hydrogen) atoms. The summed E-state index contributed by atoms with van der Waals surface area (Å²) in [6.45, 7) is 0. The number of methoxy groups -OCH3 is 3. The highest BCUT2D eigenvalue weighted by Gasteiger charge is 2.16. The largest absolute Gasteiger partial charge is 0.493 e. The molecule has 0 spiro atoms. The molecule has 4 rings (SSSR count). The topological polar surface area (TPSA) is 79.3 Å². The molecule has 0 atom stereocenters. The lowest BCUT2D eigenvalue weighted by molar-refractivity contribution is 0.324. The van der Waals surface area contributed by atoms with Gasteiger partial charge in [0.2, 0.25) is 5.75 Å². The zero-order valence-corrected chi connectivity index (χ0v) is 14.6. The van der Waals surface area contributed by atoms with Gasteiger partial charge in [-0.1, -0.05) is 18.2 Å². The van der Waals surface area contributed by atoms with E-state index in [0.29, 0.717) is 39.7 Å². The molecule has 2 aromatic heterocycles. The zero-order chi connectivity index (χ0) is 18.1. The van der Waals surface area contributed by atoms with Crippen LogP contribution in [-0.4, -0.2) is 41.5 Å². The third-order valence-electron chi connectivity index (χ3n) is 4.12. The minimum Gasteiger partial charge on any atom is -0.493 e. The van der Waals surface area contributed by atoms with Crippen molar-refractivity contribution >= 4 is 21.9 Å². The molecule has 0 aliphatic rings. The number of nitrogens with zero attached hydrogens (tertiary/aromatic N) is 4. The highest BCUT2D eigenvalue weighted by molar-refractivity contribution is 6.01. The molecule has 0 amide bonds. The fourth-order valence-electron chi connectivity index (χ4n) is 2.87. The first-order chi connectivity index (χ1) is 12.7. The summed E-state index contributed by atoms with van der Waals surface area (Å²) in [7, 11) is 4.69. The average molecular weight is 348 g/mol. The SMILES string of the molecule is COc1cc(-c2nnc3c(cnc4ccccc43)n2)cc(OC)c1OC. The molecule has 2 aromatic carbocycles. The van der Waals surface area contributed by atoms with Gasteiger partial charge in [0.25, 0.3) is 0 Å². The second kappa shape index (κ2) is 6.44. The number of para-hydroxylation sites is 1. The van der Waals surface area contributed by atoms with Gasteiger partial charge < -0.3 is 14.2 Å². The van der Waals surface area contributed by atoms with E-state index in [2.05, 4.69) is 20.2 Å². The molecule has 0 saturated heterocycles. The quantitative estimate of drug-likeness (QED) is 0.524. The molecule has 0 aliphatic carbocycles. The molecule has 4 aromatic rings. The third-order valence-corrected chi connectivity index (χ3v) is 4.12. The van der Waals surface area contributed by atoms with Crippen molar-refractivity contribution in [3.63, 3.8) is 0 Å². The Labute approximate surface area is 149 Å². The summed E-state index contributed by atoms with van der Waals surface area (Å²) in [5.74, 6) is 2.03. The Morgan fingerprint density at radius 1 is 0.808 bits per heavy atom. The number of benzene rings is 2. The molecule has 0 N–H and O–H groups in total. The Morgan fingerprint density at radius 2 is 1.54 bits per heavy atom. The fraction of sp³-hybridized carbons (Fsp3) is 0.158. The van der Waals surface area contributed by atoms with Crippen LogP contribution in [0.3, 0.4) is 0 Å². The van der Waals surface area contributed by atoms with Crippen LogP contribution in [0.25, 0.3) is 33.3 Å². The van der Waals surface area contributed by atoms with Crippen molar-refractivity contribution in [2.24, 2.45) is 0 Å². The monoisotopic (exact) mass is 348 g/mol. The summed E-state index contributed by atoms with van der Waals surface area (Å²) >= 11 is 0. The number of hydrogen-bond donors (Lipinski definition) is 0. The number of pyridine rings is 1. The maximum Gasteiger partial charge on any atom is 0.203 e. The standard InChI is InChI=1S/C19H16N4O3/c1-24-15-8-11(9-16(25-2)18(15)26-3)19-21-14-10-20-13-7-5-4-6-12(13)17(14)22-23-19/h4-10H,1-3H3. The van der Waals surface area contributed by atoms with Gasteiger partial charge in [0, 0.05) is 10.9 Å². The van der Waals surface area contributed by atoms with Gasteiger partial charge in [-0.25, -0.2) is 4.98 Å². The number of aromatic nitrogens is 4. The van der Waals surface area contributed by atoms with Crippen molar-refractivity contribution in [2.75, 3.05) is 21.3 Å². The first-order valence-corrected chi connectivity index (χ1v) is 7.93. The highest BCUT2D eigenvalue weighted by atomic mass is 16.5. The van der Waals surface area contributed by atoms with Crippen LogP contribution < -0.4 is 14.2 Å². The van der Waals surface area contributed by atoms with Gasteiger partial charge >= 0.3 is 0 Å². The summed E-state index contributed by atoms with van der Waals surface area (Å²) in [6, 6.07) is 11.4. The average Bonchev–Trinajstić information content (AvgIpc) is 2.71. The maximum absolute atomic E-state index is 5.39. The molecule has 0 radical (unpaired) electrons. The number of fused-ring (bicyclic) bond motifs is 3. The van der Waals surface area contributed by atoms with E-state index in [9.17, 15) is 0 Å². The Bertz CT molecular complexity index is 1090. The second-order valence-corrected chi connectivity index (χ2v) is 5.56. The Hall–Kier alpha value is -3.48. The van der Waals surface area contributed by atoms with E-state index in [0.717, 1.165) is 10.9 Å². The number of rotatable bonds is 4. The predicted octanol–water partition coefficient (Wildman–Crippen LogP) is 3.27. The Morgan fingerprint density at radius 3 is 2.23 bits per heavy atom. The van der Waals surface area contributed by atoms with Gasteiger partial charge in [-0.05, 0) is 18.2 Å². The molecule has 0 saturated carbocycles. The van der Waals surface area contributed by atoms with Crippen LogP contribution in [0, 0.1) is 0 Å². The molecule has 7 heteroatoms. The van der Waals surface area contributed by atoms with E-state index < -0.39 is 0 Å². The number of hydrogen-bond acceptors (Lipinski definition) is 7. The minimum absolute atomic E-state index is 0.453. The lowest BCUT2D eigenvalue weighted by Gasteiger charge is -2.13. The van der Waals surface area contributed by atoms with Crippen molar-refractivity contribution < 1.29 is 14.2 Å². The molecule has 0 unspecified atom stereocenters. The van der Waals surface area contributed by atoms with Gasteiger partial charge in [0.05, 0.1) is 33.0 Å². The summed E-state index contributed by atoms with van der Waals surface area (Å²) in [5, 5.41) is 9.58. The van der Waals surface area contributed by atoms with Crippen molar-refractivity contribution in [3.05, 3.63) is 42.6 Å². The lowest BCUT2D eigenvalue weighted by Crippen LogP contribution is -1.99. The van der Waals surface area contributed by atoms with E-state index in [4.69, 9.17) is 14.2 Å². The molecule has 0 aliphatic heterocycles. The predicted molar refractivity (Wildman–Crippen MR) is 97.7 cm³/mol. The summed E-state index contributed by atoms with van der Waals surface area (Å²) in [5.41, 5.74) is 2.95. The van der Waals surface area contributed by atoms with Crippen LogP contribution in [0.2, 0.25) is 0 Å². The molecule has 7 nitrogen and oxygen atoms in total. The zero-order valence-electron chi connectivity index (χ0n) is 14.6. The lowest BCUT2D eigenvalue weighted by atomic mass is 10.1. The van der Waals surface area contributed by atoms with Crippen LogP contribution in [0.15, 0.2) is 42.6 Å². The first-order valence-electron chi connectivity index (χ1n) is 7.93. The van der Waals surface area contributed by atoms with Crippen LogP contribution in [0.4, 0.5) is 0 Å². The van der Waals surface area contributed by atoms with Gasteiger partial charge in [0.1, 0.15) is 11.0 Å². The van der Waals surface area contributed by atoms with Crippen LogP contribution >= 0.6 is 0 Å². The highest BCUT2D eigenvalue weighted by Crippen LogP contribution is 2.40. The van der Waals surface area contributed by atoms with Crippen molar-refractivity contribution in [1.82, 2.24) is 20.2 Å². The Kier molecular flexibility index (Phi) is 3.96. The van der Waals surface area contributed by atoms with E-state index in [1.165, 1.54) is 0 Å². The minimum atomic E-state index is 0.453. The van der Waals surface area contributed by atoms with E-state index in [1.54, 1.807) is 39.7 Å². The number of ether oxygens (including phenoxy) is 3. The van der Waals surface area contributed by atoms with Gasteiger partial charge in [0.15, 0.2) is 17.3 Å². The molecular weight excluding hydrogens is 332 g/mol. The summed E-state index contributed by atoms with van der Waals surface area (Å²) in [4.78, 5) is 9.05. The van der Waals surface area contributed by atoms with Gasteiger partial charge in [-0.2, -0.15) is 0 Å². The van der Waals surface area contributed by atoms with E-state index >= 15 is 0 Å². The van der Waals surface area contributed by atoms with Crippen LogP contribution in [-0.2, 0) is 0 Å². The summed E-state index contributed by atoms with van der Waals surface area (Å²) in [6.07, 6.45) is 1.70. The van der Waals surface area contributed by atoms with Crippen molar-refractivity contribution in [2.45, 2.75) is 0 Å². The molecule has 0 fully saturated rings. The fourth-order valence-corrected chi connectivity index (χ4v) is 2.87.